The van der Waals surface area contributed by atoms with Gasteiger partial charge in [0, 0.05) is 32.8 Å². The van der Waals surface area contributed by atoms with Gasteiger partial charge in [-0.1, -0.05) is 34.6 Å². The van der Waals surface area contributed by atoms with Crippen molar-refractivity contribution in [2.45, 2.75) is 111 Å². The van der Waals surface area contributed by atoms with Crippen molar-refractivity contribution in [3.05, 3.63) is 17.7 Å². The molecular weight excluding hydrogens is 651 g/mol. The highest BCUT2D eigenvalue weighted by Gasteiger charge is 2.44. The van der Waals surface area contributed by atoms with Crippen LogP contribution in [-0.2, 0) is 35.1 Å². The molecule has 0 heterocycles. The van der Waals surface area contributed by atoms with E-state index in [1.54, 1.807) is 27.7 Å². The molecule has 2 amide bonds. The van der Waals surface area contributed by atoms with Gasteiger partial charge in [-0.25, -0.2) is 0 Å². The number of hydrogen-bond acceptors (Lipinski definition) is 10. The Balaban J connectivity index is 3.67. The fourth-order valence-corrected chi connectivity index (χ4v) is 5.07. The molecule has 49 heavy (non-hydrogen) atoms. The largest absolute Gasteiger partial charge is 0.496 e. The molecule has 0 spiro atoms. The number of amides is 2. The van der Waals surface area contributed by atoms with Gasteiger partial charge < -0.3 is 44.4 Å². The molecule has 0 fully saturated rings. The average Bonchev–Trinajstić information content (AvgIpc) is 3.01. The third-order valence-corrected chi connectivity index (χ3v) is 7.70. The summed E-state index contributed by atoms with van der Waals surface area (Å²) in [6.07, 6.45) is -6.27. The maximum Gasteiger partial charge on any atom is 0.391 e. The maximum atomic E-state index is 14.5. The lowest BCUT2D eigenvalue weighted by atomic mass is 9.86. The first-order valence-electron chi connectivity index (χ1n) is 16.3. The Labute approximate surface area is 288 Å². The zero-order chi connectivity index (χ0) is 37.5. The van der Waals surface area contributed by atoms with E-state index in [9.17, 15) is 27.6 Å². The second-order valence-corrected chi connectivity index (χ2v) is 13.1. The van der Waals surface area contributed by atoms with Crippen LogP contribution in [0.2, 0.25) is 0 Å². The number of alkyl halides is 3. The molecule has 0 radical (unpaired) electrons. The van der Waals surface area contributed by atoms with Crippen molar-refractivity contribution in [3.8, 4) is 17.2 Å². The van der Waals surface area contributed by atoms with E-state index < -0.39 is 60.8 Å². The highest BCUT2D eigenvalue weighted by atomic mass is 19.4. The summed E-state index contributed by atoms with van der Waals surface area (Å²) in [6.45, 7) is 10.8. The number of nitrogens with two attached hydrogens (primary N) is 1. The molecule has 0 unspecified atom stereocenters. The number of methoxy groups -OCH3 is 4. The lowest BCUT2D eigenvalue weighted by Crippen LogP contribution is -2.59. The van der Waals surface area contributed by atoms with E-state index in [2.05, 4.69) is 5.32 Å². The molecule has 3 N–H and O–H groups in total. The Bertz CT molecular complexity index is 1160. The molecule has 0 saturated carbocycles. The van der Waals surface area contributed by atoms with Gasteiger partial charge in [0.1, 0.15) is 23.3 Å². The van der Waals surface area contributed by atoms with Crippen molar-refractivity contribution in [2.24, 2.45) is 17.1 Å². The minimum absolute atomic E-state index is 0.110. The number of carbonyl (C=O) groups is 3. The first-order chi connectivity index (χ1) is 22.8. The average molecular weight is 708 g/mol. The van der Waals surface area contributed by atoms with Crippen molar-refractivity contribution < 1.29 is 56.0 Å². The van der Waals surface area contributed by atoms with Crippen molar-refractivity contribution in [1.29, 1.82) is 0 Å². The van der Waals surface area contributed by atoms with Gasteiger partial charge in [0.25, 0.3) is 0 Å². The number of nitrogens with one attached hydrogen (secondary N) is 1. The van der Waals surface area contributed by atoms with Crippen LogP contribution in [0.5, 0.6) is 17.2 Å². The third kappa shape index (κ3) is 14.6. The monoisotopic (exact) mass is 707 g/mol. The van der Waals surface area contributed by atoms with E-state index in [-0.39, 0.29) is 48.4 Å². The predicted octanol–water partition coefficient (Wildman–Crippen LogP) is 4.99. The Hall–Kier alpha value is -3.30. The van der Waals surface area contributed by atoms with E-state index >= 15 is 0 Å². The predicted molar refractivity (Wildman–Crippen MR) is 177 cm³/mol. The van der Waals surface area contributed by atoms with Crippen LogP contribution in [0.25, 0.3) is 0 Å². The summed E-state index contributed by atoms with van der Waals surface area (Å²) in [5, 5.41) is 2.70. The second kappa shape index (κ2) is 20.4. The van der Waals surface area contributed by atoms with Crippen molar-refractivity contribution >= 4 is 17.8 Å². The smallest absolute Gasteiger partial charge is 0.391 e. The number of ether oxygens (including phenoxy) is 6. The molecule has 282 valence electrons. The van der Waals surface area contributed by atoms with E-state index in [0.29, 0.717) is 25.2 Å². The fourth-order valence-electron chi connectivity index (χ4n) is 5.07. The highest BCUT2D eigenvalue weighted by Crippen LogP contribution is 2.37. The number of nitrogens with zero attached hydrogens (tertiary/aromatic N) is 1. The highest BCUT2D eigenvalue weighted by molar-refractivity contribution is 5.90. The topological polar surface area (TPSA) is 148 Å². The third-order valence-electron chi connectivity index (χ3n) is 7.70. The molecule has 0 aliphatic carbocycles. The number of hydrogen-bond donors (Lipinski definition) is 2. The first kappa shape index (κ1) is 43.7. The summed E-state index contributed by atoms with van der Waals surface area (Å²) in [4.78, 5) is 40.3. The quantitative estimate of drug-likeness (QED) is 0.102. The summed E-state index contributed by atoms with van der Waals surface area (Å²) >= 11 is 0. The van der Waals surface area contributed by atoms with Crippen LogP contribution in [-0.4, -0.2) is 94.9 Å². The molecule has 0 aliphatic rings. The zero-order valence-corrected chi connectivity index (χ0v) is 30.5. The van der Waals surface area contributed by atoms with Crippen molar-refractivity contribution in [3.63, 3.8) is 0 Å². The van der Waals surface area contributed by atoms with Crippen LogP contribution >= 0.6 is 0 Å². The number of benzene rings is 1. The Morgan fingerprint density at radius 3 is 1.98 bits per heavy atom. The van der Waals surface area contributed by atoms with Gasteiger partial charge in [-0.3, -0.25) is 14.4 Å². The molecule has 15 heteroatoms. The van der Waals surface area contributed by atoms with Gasteiger partial charge in [0.2, 0.25) is 11.8 Å². The molecule has 12 nitrogen and oxygen atoms in total. The molecule has 3 atom stereocenters. The Kier molecular flexibility index (Phi) is 18.2. The van der Waals surface area contributed by atoms with E-state index in [1.807, 2.05) is 13.8 Å². The van der Waals surface area contributed by atoms with Gasteiger partial charge in [-0.05, 0) is 37.5 Å². The lowest BCUT2D eigenvalue weighted by molar-refractivity contribution is -0.201. The van der Waals surface area contributed by atoms with Crippen LogP contribution < -0.4 is 25.3 Å². The van der Waals surface area contributed by atoms with Crippen LogP contribution in [0.4, 0.5) is 13.2 Å². The van der Waals surface area contributed by atoms with Crippen molar-refractivity contribution in [2.75, 3.05) is 41.7 Å². The summed E-state index contributed by atoms with van der Waals surface area (Å²) in [5.74, 6) is -1.16. The van der Waals surface area contributed by atoms with E-state index in [4.69, 9.17) is 34.2 Å². The first-order valence-corrected chi connectivity index (χ1v) is 16.3. The van der Waals surface area contributed by atoms with Gasteiger partial charge in [-0.15, -0.1) is 0 Å². The molecule has 0 aromatic heterocycles. The molecular formula is C34H56F3N3O9. The van der Waals surface area contributed by atoms with Gasteiger partial charge in [0.05, 0.1) is 58.0 Å². The zero-order valence-electron chi connectivity index (χ0n) is 30.5. The molecule has 0 bridgehead atoms. The Morgan fingerprint density at radius 1 is 0.959 bits per heavy atom. The van der Waals surface area contributed by atoms with Crippen LogP contribution in [0.3, 0.4) is 0 Å². The van der Waals surface area contributed by atoms with Crippen LogP contribution in [0, 0.1) is 11.3 Å². The van der Waals surface area contributed by atoms with E-state index in [0.717, 1.165) is 4.90 Å². The number of rotatable bonds is 21. The number of unbranched alkanes of at least 4 members (excludes halogenated alkanes) is 1. The van der Waals surface area contributed by atoms with Crippen LogP contribution in [0.15, 0.2) is 12.1 Å². The van der Waals surface area contributed by atoms with Gasteiger partial charge in [-0.2, -0.15) is 13.2 Å². The van der Waals surface area contributed by atoms with Crippen LogP contribution in [0.1, 0.15) is 79.2 Å². The van der Waals surface area contributed by atoms with E-state index in [1.165, 1.54) is 40.6 Å². The maximum absolute atomic E-state index is 14.5. The minimum Gasteiger partial charge on any atom is -0.496 e. The minimum atomic E-state index is -4.73. The Morgan fingerprint density at radius 2 is 1.53 bits per heavy atom. The molecule has 1 aromatic rings. The standard InChI is InChI=1S/C34H56F3N3O9/c1-11-48-28(41)14-12-13-15-49-22-17-26(44-7)23(27(18-22)45-8)20-40(25(19-34(35,36)37)32(46-9)47-10)31(43)24(16-21(2)3)39-30(42)29(38)33(4,5)6/h17-18,21,24-25,29,32H,11-16,19-20,38H2,1-10H3,(H,39,42)/t24-,25-,29+/m0/s1. The summed E-state index contributed by atoms with van der Waals surface area (Å²) in [5.41, 5.74) is 5.77. The SMILES string of the molecule is CCOC(=O)CCCCOc1cc(OC)c(CN(C(=O)[C@H](CC(C)C)NC(=O)[C@@H](N)C(C)(C)C)[C@@H](CC(F)(F)F)C(OC)OC)c(OC)c1. The van der Waals surface area contributed by atoms with Gasteiger partial charge >= 0.3 is 12.1 Å². The molecule has 0 aliphatic heterocycles. The fraction of sp³-hybridized carbons (Fsp3) is 0.735. The molecule has 0 saturated heterocycles. The summed E-state index contributed by atoms with van der Waals surface area (Å²) in [6, 6.07) is -0.858. The van der Waals surface area contributed by atoms with Gasteiger partial charge in [0.15, 0.2) is 6.29 Å². The lowest BCUT2D eigenvalue weighted by Gasteiger charge is -2.39. The summed E-state index contributed by atoms with van der Waals surface area (Å²) < 4.78 is 75.0. The molecule has 1 aromatic carbocycles. The summed E-state index contributed by atoms with van der Waals surface area (Å²) in [7, 11) is 5.08. The second-order valence-electron chi connectivity index (χ2n) is 13.1. The van der Waals surface area contributed by atoms with Crippen molar-refractivity contribution in [1.82, 2.24) is 10.2 Å². The number of halogens is 3. The molecule has 1 rings (SSSR count). The normalized spacial score (nSPS) is 13.9. The number of carbonyl (C=O) groups excluding carboxylic acids is 3. The number of esters is 1.